The second kappa shape index (κ2) is 5.14. The van der Waals surface area contributed by atoms with E-state index in [4.69, 9.17) is 16.1 Å². The topological polar surface area (TPSA) is 51.0 Å². The lowest BCUT2D eigenvalue weighted by molar-refractivity contribution is 0.381. The van der Waals surface area contributed by atoms with Crippen LogP contribution in [0.15, 0.2) is 23.0 Å². The molecule has 2 aromatic heterocycles. The molecular weight excluding hydrogens is 245 g/mol. The van der Waals surface area contributed by atoms with Crippen molar-refractivity contribution in [3.8, 4) is 0 Å². The Morgan fingerprint density at radius 3 is 2.94 bits per heavy atom. The SMILES string of the molecule is Cc1cc(CCNc2c(F)cncc2Cl)on1. The largest absolute Gasteiger partial charge is 0.381 e. The van der Waals surface area contributed by atoms with Crippen molar-refractivity contribution >= 4 is 17.3 Å². The Morgan fingerprint density at radius 1 is 1.47 bits per heavy atom. The van der Waals surface area contributed by atoms with Gasteiger partial charge in [0.05, 0.1) is 22.6 Å². The third-order valence-corrected chi connectivity index (χ3v) is 2.49. The van der Waals surface area contributed by atoms with E-state index in [9.17, 15) is 4.39 Å². The van der Waals surface area contributed by atoms with Crippen molar-refractivity contribution in [2.75, 3.05) is 11.9 Å². The summed E-state index contributed by atoms with van der Waals surface area (Å²) in [6.45, 7) is 2.36. The number of hydrogen-bond acceptors (Lipinski definition) is 4. The van der Waals surface area contributed by atoms with Gasteiger partial charge in [-0.2, -0.15) is 0 Å². The van der Waals surface area contributed by atoms with Crippen molar-refractivity contribution in [3.05, 3.63) is 40.8 Å². The quantitative estimate of drug-likeness (QED) is 0.913. The second-order valence-corrected chi connectivity index (χ2v) is 4.00. The van der Waals surface area contributed by atoms with Crippen LogP contribution < -0.4 is 5.32 Å². The summed E-state index contributed by atoms with van der Waals surface area (Å²) in [6.07, 6.45) is 3.12. The maximum absolute atomic E-state index is 13.3. The first-order valence-corrected chi connectivity index (χ1v) is 5.49. The lowest BCUT2D eigenvalue weighted by Crippen LogP contribution is -2.06. The Labute approximate surface area is 103 Å². The molecule has 0 saturated heterocycles. The van der Waals surface area contributed by atoms with Crippen LogP contribution in [-0.4, -0.2) is 16.7 Å². The average Bonchev–Trinajstić information content (AvgIpc) is 2.69. The van der Waals surface area contributed by atoms with Crippen molar-refractivity contribution in [2.24, 2.45) is 0 Å². The first kappa shape index (κ1) is 11.9. The minimum Gasteiger partial charge on any atom is -0.381 e. The van der Waals surface area contributed by atoms with Crippen LogP contribution in [0.5, 0.6) is 0 Å². The van der Waals surface area contributed by atoms with Crippen molar-refractivity contribution in [1.82, 2.24) is 10.1 Å². The summed E-state index contributed by atoms with van der Waals surface area (Å²) < 4.78 is 18.4. The fourth-order valence-corrected chi connectivity index (χ4v) is 1.64. The molecule has 2 rings (SSSR count). The fourth-order valence-electron chi connectivity index (χ4n) is 1.43. The van der Waals surface area contributed by atoms with Gasteiger partial charge in [-0.1, -0.05) is 16.8 Å². The molecule has 0 aliphatic heterocycles. The van der Waals surface area contributed by atoms with Crippen molar-refractivity contribution in [1.29, 1.82) is 0 Å². The number of halogens is 2. The molecule has 2 aromatic rings. The number of pyridine rings is 1. The van der Waals surface area contributed by atoms with Gasteiger partial charge in [0.2, 0.25) is 0 Å². The highest BCUT2D eigenvalue weighted by molar-refractivity contribution is 6.33. The van der Waals surface area contributed by atoms with Gasteiger partial charge in [-0.05, 0) is 6.92 Å². The van der Waals surface area contributed by atoms with E-state index in [0.29, 0.717) is 13.0 Å². The number of anilines is 1. The van der Waals surface area contributed by atoms with E-state index in [0.717, 1.165) is 17.7 Å². The Morgan fingerprint density at radius 2 is 2.29 bits per heavy atom. The monoisotopic (exact) mass is 255 g/mol. The maximum atomic E-state index is 13.3. The standard InChI is InChI=1S/C11H11ClFN3O/c1-7-4-8(17-16-7)2-3-15-11-9(12)5-14-6-10(11)13/h4-6H,2-3H2,1H3,(H,14,15). The molecule has 0 saturated carbocycles. The molecule has 1 N–H and O–H groups in total. The molecule has 0 aliphatic carbocycles. The predicted octanol–water partition coefficient (Wildman–Crippen LogP) is 2.83. The molecule has 0 spiro atoms. The minimum absolute atomic E-state index is 0.262. The number of aryl methyl sites for hydroxylation is 1. The smallest absolute Gasteiger partial charge is 0.166 e. The molecule has 0 radical (unpaired) electrons. The molecule has 4 nitrogen and oxygen atoms in total. The molecule has 6 heteroatoms. The zero-order valence-corrected chi connectivity index (χ0v) is 9.96. The van der Waals surface area contributed by atoms with E-state index in [1.54, 1.807) is 0 Å². The van der Waals surface area contributed by atoms with Gasteiger partial charge in [0, 0.05) is 25.2 Å². The number of nitrogens with one attached hydrogen (secondary N) is 1. The van der Waals surface area contributed by atoms with E-state index in [1.165, 1.54) is 6.20 Å². The minimum atomic E-state index is -0.466. The van der Waals surface area contributed by atoms with Gasteiger partial charge in [-0.25, -0.2) is 4.39 Å². The summed E-state index contributed by atoms with van der Waals surface area (Å²) >= 11 is 5.81. The number of aromatic nitrogens is 2. The molecule has 0 atom stereocenters. The molecule has 0 amide bonds. The van der Waals surface area contributed by atoms with Gasteiger partial charge in [0.1, 0.15) is 5.76 Å². The molecule has 0 bridgehead atoms. The average molecular weight is 256 g/mol. The van der Waals surface area contributed by atoms with Gasteiger partial charge in [-0.3, -0.25) is 4.98 Å². The summed E-state index contributed by atoms with van der Waals surface area (Å²) in [5.74, 6) is 0.284. The molecule has 0 unspecified atom stereocenters. The van der Waals surface area contributed by atoms with Crippen LogP contribution in [0, 0.1) is 12.7 Å². The lowest BCUT2D eigenvalue weighted by Gasteiger charge is -2.07. The van der Waals surface area contributed by atoms with Crippen LogP contribution in [0.3, 0.4) is 0 Å². The predicted molar refractivity (Wildman–Crippen MR) is 62.6 cm³/mol. The zero-order chi connectivity index (χ0) is 12.3. The van der Waals surface area contributed by atoms with Crippen LogP contribution in [0.2, 0.25) is 5.02 Å². The lowest BCUT2D eigenvalue weighted by atomic mass is 10.3. The Hall–Kier alpha value is -1.62. The van der Waals surface area contributed by atoms with Crippen molar-refractivity contribution in [2.45, 2.75) is 13.3 Å². The summed E-state index contributed by atoms with van der Waals surface area (Å²) in [5, 5.41) is 6.93. The van der Waals surface area contributed by atoms with E-state index >= 15 is 0 Å². The number of rotatable bonds is 4. The van der Waals surface area contributed by atoms with Crippen molar-refractivity contribution < 1.29 is 8.91 Å². The summed E-state index contributed by atoms with van der Waals surface area (Å²) in [6, 6.07) is 1.84. The molecule has 0 aromatic carbocycles. The van der Waals surface area contributed by atoms with Gasteiger partial charge in [-0.15, -0.1) is 0 Å². The Bertz CT molecular complexity index is 495. The Kier molecular flexibility index (Phi) is 3.58. The van der Waals surface area contributed by atoms with E-state index < -0.39 is 5.82 Å². The fraction of sp³-hybridized carbons (Fsp3) is 0.273. The van der Waals surface area contributed by atoms with E-state index in [2.05, 4.69) is 15.5 Å². The van der Waals surface area contributed by atoms with Crippen LogP contribution in [0.1, 0.15) is 11.5 Å². The van der Waals surface area contributed by atoms with Crippen LogP contribution in [0.4, 0.5) is 10.1 Å². The van der Waals surface area contributed by atoms with Crippen LogP contribution in [0.25, 0.3) is 0 Å². The van der Waals surface area contributed by atoms with Gasteiger partial charge < -0.3 is 9.84 Å². The first-order valence-electron chi connectivity index (χ1n) is 5.12. The molecule has 90 valence electrons. The van der Waals surface area contributed by atoms with E-state index in [1.807, 2.05) is 13.0 Å². The third kappa shape index (κ3) is 2.94. The van der Waals surface area contributed by atoms with Gasteiger partial charge >= 0.3 is 0 Å². The number of nitrogens with zero attached hydrogens (tertiary/aromatic N) is 2. The van der Waals surface area contributed by atoms with Crippen molar-refractivity contribution in [3.63, 3.8) is 0 Å². The van der Waals surface area contributed by atoms with Crippen LogP contribution >= 0.6 is 11.6 Å². The number of hydrogen-bond donors (Lipinski definition) is 1. The summed E-state index contributed by atoms with van der Waals surface area (Å²) in [4.78, 5) is 3.64. The summed E-state index contributed by atoms with van der Waals surface area (Å²) in [5.41, 5.74) is 1.09. The van der Waals surface area contributed by atoms with Crippen LogP contribution in [-0.2, 0) is 6.42 Å². The third-order valence-electron chi connectivity index (χ3n) is 2.20. The molecule has 17 heavy (non-hydrogen) atoms. The first-order chi connectivity index (χ1) is 8.16. The molecule has 2 heterocycles. The van der Waals surface area contributed by atoms with E-state index in [-0.39, 0.29) is 10.7 Å². The Balaban J connectivity index is 1.94. The zero-order valence-electron chi connectivity index (χ0n) is 9.20. The highest BCUT2D eigenvalue weighted by Gasteiger charge is 2.07. The molecular formula is C11H11ClFN3O. The highest BCUT2D eigenvalue weighted by atomic mass is 35.5. The second-order valence-electron chi connectivity index (χ2n) is 3.59. The normalized spacial score (nSPS) is 10.5. The highest BCUT2D eigenvalue weighted by Crippen LogP contribution is 2.23. The maximum Gasteiger partial charge on any atom is 0.166 e. The van der Waals surface area contributed by atoms with Gasteiger partial charge in [0.25, 0.3) is 0 Å². The summed E-state index contributed by atoms with van der Waals surface area (Å²) in [7, 11) is 0. The molecule has 0 fully saturated rings. The molecule has 0 aliphatic rings. The van der Waals surface area contributed by atoms with Gasteiger partial charge in [0.15, 0.2) is 5.82 Å².